The van der Waals surface area contributed by atoms with Crippen molar-refractivity contribution < 1.29 is 9.94 Å². The highest BCUT2D eigenvalue weighted by Gasteiger charge is 2.12. The molecular weight excluding hydrogens is 296 g/mol. The molecule has 0 aliphatic rings. The van der Waals surface area contributed by atoms with Crippen molar-refractivity contribution in [2.24, 2.45) is 10.9 Å². The van der Waals surface area contributed by atoms with Crippen LogP contribution >= 0.6 is 23.4 Å². The minimum Gasteiger partial charge on any atom is -0.455 e. The van der Waals surface area contributed by atoms with E-state index in [-0.39, 0.29) is 5.84 Å². The second-order valence-electron chi connectivity index (χ2n) is 3.88. The third-order valence-corrected chi connectivity index (χ3v) is 3.63. The van der Waals surface area contributed by atoms with Gasteiger partial charge in [-0.05, 0) is 30.5 Å². The molecule has 0 atom stereocenters. The third kappa shape index (κ3) is 3.18. The number of hydrogen-bond acceptors (Lipinski definition) is 4. The standard InChI is InChI=1S/C14H13ClN2O2S/c1-20-13-5-3-2-4-11(13)19-12-8-9(15)6-7-10(12)14(16)17-18/h2-8,18H,1H3,(H2,16,17). The molecule has 0 aliphatic heterocycles. The van der Waals surface area contributed by atoms with Crippen LogP contribution in [0.15, 0.2) is 52.5 Å². The Bertz CT molecular complexity index is 647. The smallest absolute Gasteiger partial charge is 0.173 e. The van der Waals surface area contributed by atoms with Crippen LogP contribution in [0, 0.1) is 0 Å². The number of oxime groups is 1. The fraction of sp³-hybridized carbons (Fsp3) is 0.0714. The minimum atomic E-state index is -0.0294. The van der Waals surface area contributed by atoms with E-state index >= 15 is 0 Å². The number of para-hydroxylation sites is 1. The molecule has 3 N–H and O–H groups in total. The second kappa shape index (κ2) is 6.54. The van der Waals surface area contributed by atoms with Crippen LogP contribution in [0.3, 0.4) is 0 Å². The Morgan fingerprint density at radius 3 is 2.70 bits per heavy atom. The molecule has 4 nitrogen and oxygen atoms in total. The summed E-state index contributed by atoms with van der Waals surface area (Å²) in [4.78, 5) is 0.984. The molecule has 104 valence electrons. The topological polar surface area (TPSA) is 67.8 Å². The Balaban J connectivity index is 2.45. The molecule has 20 heavy (non-hydrogen) atoms. The predicted molar refractivity (Wildman–Crippen MR) is 82.3 cm³/mol. The van der Waals surface area contributed by atoms with Gasteiger partial charge in [0.1, 0.15) is 11.5 Å². The molecule has 0 aliphatic carbocycles. The van der Waals surface area contributed by atoms with E-state index in [0.29, 0.717) is 22.1 Å². The lowest BCUT2D eigenvalue weighted by Crippen LogP contribution is -2.14. The highest BCUT2D eigenvalue weighted by Crippen LogP contribution is 2.34. The van der Waals surface area contributed by atoms with Crippen molar-refractivity contribution in [1.82, 2.24) is 0 Å². The van der Waals surface area contributed by atoms with Gasteiger partial charge in [0.2, 0.25) is 0 Å². The number of nitrogens with two attached hydrogens (primary N) is 1. The number of hydrogen-bond donors (Lipinski definition) is 2. The molecule has 0 heterocycles. The fourth-order valence-electron chi connectivity index (χ4n) is 1.67. The average Bonchev–Trinajstić information content (AvgIpc) is 2.47. The van der Waals surface area contributed by atoms with Crippen LogP contribution in [0.2, 0.25) is 5.02 Å². The van der Waals surface area contributed by atoms with Gasteiger partial charge in [-0.3, -0.25) is 0 Å². The summed E-state index contributed by atoms with van der Waals surface area (Å²) in [6.07, 6.45) is 1.96. The zero-order valence-corrected chi connectivity index (χ0v) is 12.3. The van der Waals surface area contributed by atoms with E-state index < -0.39 is 0 Å². The van der Waals surface area contributed by atoms with Crippen molar-refractivity contribution >= 4 is 29.2 Å². The summed E-state index contributed by atoms with van der Waals surface area (Å²) < 4.78 is 5.86. The number of amidine groups is 1. The van der Waals surface area contributed by atoms with Crippen molar-refractivity contribution in [3.05, 3.63) is 53.1 Å². The van der Waals surface area contributed by atoms with Gasteiger partial charge in [0.15, 0.2) is 5.84 Å². The summed E-state index contributed by atoms with van der Waals surface area (Å²) in [5.41, 5.74) is 6.12. The van der Waals surface area contributed by atoms with E-state index in [1.54, 1.807) is 30.0 Å². The quantitative estimate of drug-likeness (QED) is 0.295. The Hall–Kier alpha value is -1.85. The van der Waals surface area contributed by atoms with E-state index in [0.717, 1.165) is 4.90 Å². The Morgan fingerprint density at radius 2 is 2.00 bits per heavy atom. The van der Waals surface area contributed by atoms with E-state index in [9.17, 15) is 0 Å². The van der Waals surface area contributed by atoms with Gasteiger partial charge in [-0.15, -0.1) is 11.8 Å². The monoisotopic (exact) mass is 308 g/mol. The molecule has 2 aromatic rings. The molecule has 6 heteroatoms. The summed E-state index contributed by atoms with van der Waals surface area (Å²) in [6, 6.07) is 12.5. The van der Waals surface area contributed by atoms with E-state index in [1.165, 1.54) is 0 Å². The van der Waals surface area contributed by atoms with Gasteiger partial charge in [0.25, 0.3) is 0 Å². The summed E-state index contributed by atoms with van der Waals surface area (Å²) in [6.45, 7) is 0. The van der Waals surface area contributed by atoms with E-state index in [2.05, 4.69) is 5.16 Å². The van der Waals surface area contributed by atoms with Crippen molar-refractivity contribution in [3.8, 4) is 11.5 Å². The maximum absolute atomic E-state index is 8.82. The Labute approximate surface area is 126 Å². The van der Waals surface area contributed by atoms with Crippen LogP contribution in [-0.4, -0.2) is 17.3 Å². The third-order valence-electron chi connectivity index (χ3n) is 2.62. The molecule has 0 bridgehead atoms. The second-order valence-corrected chi connectivity index (χ2v) is 5.16. The van der Waals surface area contributed by atoms with Crippen LogP contribution in [-0.2, 0) is 0 Å². The van der Waals surface area contributed by atoms with Crippen LogP contribution in [0.5, 0.6) is 11.5 Å². The van der Waals surface area contributed by atoms with Gasteiger partial charge in [0, 0.05) is 16.0 Å². The van der Waals surface area contributed by atoms with E-state index in [4.69, 9.17) is 27.3 Å². The average molecular weight is 309 g/mol. The first kappa shape index (κ1) is 14.6. The van der Waals surface area contributed by atoms with Gasteiger partial charge < -0.3 is 15.7 Å². The van der Waals surface area contributed by atoms with Crippen molar-refractivity contribution in [3.63, 3.8) is 0 Å². The molecule has 0 saturated heterocycles. The largest absolute Gasteiger partial charge is 0.455 e. The molecular formula is C14H13ClN2O2S. The zero-order chi connectivity index (χ0) is 14.5. The number of ether oxygens (including phenoxy) is 1. The van der Waals surface area contributed by atoms with Crippen molar-refractivity contribution in [1.29, 1.82) is 0 Å². The lowest BCUT2D eigenvalue weighted by atomic mass is 10.2. The van der Waals surface area contributed by atoms with Crippen LogP contribution in [0.4, 0.5) is 0 Å². The Morgan fingerprint density at radius 1 is 1.25 bits per heavy atom. The van der Waals surface area contributed by atoms with Gasteiger partial charge in [0.05, 0.1) is 5.56 Å². The maximum atomic E-state index is 8.82. The lowest BCUT2D eigenvalue weighted by Gasteiger charge is -2.13. The highest BCUT2D eigenvalue weighted by atomic mass is 35.5. The number of halogens is 1. The van der Waals surface area contributed by atoms with Crippen molar-refractivity contribution in [2.75, 3.05) is 6.26 Å². The molecule has 0 radical (unpaired) electrons. The number of rotatable bonds is 4. The van der Waals surface area contributed by atoms with Gasteiger partial charge in [-0.2, -0.15) is 0 Å². The highest BCUT2D eigenvalue weighted by molar-refractivity contribution is 7.98. The first-order valence-corrected chi connectivity index (χ1v) is 7.34. The number of benzene rings is 2. The molecule has 0 saturated carbocycles. The SMILES string of the molecule is CSc1ccccc1Oc1cc(Cl)ccc1C(N)=NO. The first-order valence-electron chi connectivity index (χ1n) is 5.74. The molecule has 0 amide bonds. The van der Waals surface area contributed by atoms with Gasteiger partial charge >= 0.3 is 0 Å². The molecule has 2 aromatic carbocycles. The zero-order valence-electron chi connectivity index (χ0n) is 10.7. The lowest BCUT2D eigenvalue weighted by molar-refractivity contribution is 0.318. The Kier molecular flexibility index (Phi) is 4.76. The molecule has 0 fully saturated rings. The molecule has 2 rings (SSSR count). The number of thioether (sulfide) groups is 1. The summed E-state index contributed by atoms with van der Waals surface area (Å²) >= 11 is 7.55. The molecule has 0 spiro atoms. The maximum Gasteiger partial charge on any atom is 0.173 e. The van der Waals surface area contributed by atoms with Crippen molar-refractivity contribution in [2.45, 2.75) is 4.90 Å². The summed E-state index contributed by atoms with van der Waals surface area (Å²) in [5, 5.41) is 12.3. The van der Waals surface area contributed by atoms with Crippen LogP contribution in [0.1, 0.15) is 5.56 Å². The number of nitrogens with zero attached hydrogens (tertiary/aromatic N) is 1. The van der Waals surface area contributed by atoms with Crippen LogP contribution < -0.4 is 10.5 Å². The predicted octanol–water partition coefficient (Wildman–Crippen LogP) is 3.95. The molecule has 0 unspecified atom stereocenters. The van der Waals surface area contributed by atoms with Crippen LogP contribution in [0.25, 0.3) is 0 Å². The van der Waals surface area contributed by atoms with E-state index in [1.807, 2.05) is 30.5 Å². The summed E-state index contributed by atoms with van der Waals surface area (Å²) in [7, 11) is 0. The first-order chi connectivity index (χ1) is 9.65. The summed E-state index contributed by atoms with van der Waals surface area (Å²) in [5.74, 6) is 1.10. The molecule has 0 aromatic heterocycles. The van der Waals surface area contributed by atoms with Gasteiger partial charge in [-0.25, -0.2) is 0 Å². The van der Waals surface area contributed by atoms with Gasteiger partial charge in [-0.1, -0.05) is 28.9 Å². The normalized spacial score (nSPS) is 11.4. The fourth-order valence-corrected chi connectivity index (χ4v) is 2.36. The minimum absolute atomic E-state index is 0.0294.